The quantitative estimate of drug-likeness (QED) is 0.496. The number of nitrogens with one attached hydrogen (secondary N) is 1. The summed E-state index contributed by atoms with van der Waals surface area (Å²) in [6.45, 7) is 1.34. The normalized spacial score (nSPS) is 10.0. The first-order valence-electron chi connectivity index (χ1n) is 4.95. The molecular formula is C9H12ClN5O3. The molecule has 0 saturated heterocycles. The SMILES string of the molecule is Cc1nc(Cl)nc(NCC(=O)N(C)C)c1[N+](=O)[O-]. The fraction of sp³-hybridized carbons (Fsp3) is 0.444. The van der Waals surface area contributed by atoms with Gasteiger partial charge in [0, 0.05) is 14.1 Å². The fourth-order valence-corrected chi connectivity index (χ4v) is 1.40. The van der Waals surface area contributed by atoms with E-state index >= 15 is 0 Å². The van der Waals surface area contributed by atoms with Gasteiger partial charge in [-0.1, -0.05) is 0 Å². The number of nitrogens with zero attached hydrogens (tertiary/aromatic N) is 4. The summed E-state index contributed by atoms with van der Waals surface area (Å²) in [4.78, 5) is 30.4. The Hall–Kier alpha value is -1.96. The lowest BCUT2D eigenvalue weighted by atomic mass is 10.3. The molecule has 18 heavy (non-hydrogen) atoms. The lowest BCUT2D eigenvalue weighted by Gasteiger charge is -2.11. The summed E-state index contributed by atoms with van der Waals surface area (Å²) in [5.74, 6) is -0.301. The third-order valence-corrected chi connectivity index (χ3v) is 2.29. The van der Waals surface area contributed by atoms with Gasteiger partial charge in [-0.2, -0.15) is 4.98 Å². The molecule has 0 fully saturated rings. The Labute approximate surface area is 108 Å². The van der Waals surface area contributed by atoms with Crippen molar-refractivity contribution in [3.05, 3.63) is 21.1 Å². The largest absolute Gasteiger partial charge is 0.355 e. The molecule has 1 N–H and O–H groups in total. The summed E-state index contributed by atoms with van der Waals surface area (Å²) in [5.41, 5.74) is -0.147. The number of carbonyl (C=O) groups excluding carboxylic acids is 1. The zero-order valence-electron chi connectivity index (χ0n) is 10.1. The summed E-state index contributed by atoms with van der Waals surface area (Å²) in [6, 6.07) is 0. The van der Waals surface area contributed by atoms with E-state index in [1.165, 1.54) is 11.8 Å². The first kappa shape index (κ1) is 14.1. The number of likely N-dealkylation sites (N-methyl/N-ethyl adjacent to an activating group) is 1. The average Bonchev–Trinajstić information content (AvgIpc) is 2.23. The number of aromatic nitrogens is 2. The van der Waals surface area contributed by atoms with Crippen molar-refractivity contribution in [2.45, 2.75) is 6.92 Å². The second-order valence-corrected chi connectivity index (χ2v) is 4.01. The molecule has 98 valence electrons. The number of hydrogen-bond donors (Lipinski definition) is 1. The second-order valence-electron chi connectivity index (χ2n) is 3.67. The van der Waals surface area contributed by atoms with E-state index in [1.807, 2.05) is 0 Å². The molecule has 0 unspecified atom stereocenters. The summed E-state index contributed by atoms with van der Waals surface area (Å²) >= 11 is 5.62. The van der Waals surface area contributed by atoms with E-state index in [-0.39, 0.29) is 34.9 Å². The Bertz CT molecular complexity index is 491. The van der Waals surface area contributed by atoms with Crippen molar-refractivity contribution in [2.75, 3.05) is 26.0 Å². The molecule has 1 aromatic rings. The van der Waals surface area contributed by atoms with Crippen LogP contribution in [0.15, 0.2) is 0 Å². The number of rotatable bonds is 4. The van der Waals surface area contributed by atoms with Gasteiger partial charge in [-0.05, 0) is 18.5 Å². The summed E-state index contributed by atoms with van der Waals surface area (Å²) in [7, 11) is 3.16. The van der Waals surface area contributed by atoms with Crippen LogP contribution in [-0.2, 0) is 4.79 Å². The molecule has 0 aliphatic heterocycles. The number of amides is 1. The maximum absolute atomic E-state index is 11.4. The lowest BCUT2D eigenvalue weighted by molar-refractivity contribution is -0.385. The highest BCUT2D eigenvalue weighted by Gasteiger charge is 2.22. The zero-order chi connectivity index (χ0) is 13.9. The lowest BCUT2D eigenvalue weighted by Crippen LogP contribution is -2.29. The molecule has 0 aliphatic carbocycles. The summed E-state index contributed by atoms with van der Waals surface area (Å²) in [5, 5.41) is 13.4. The van der Waals surface area contributed by atoms with Crippen LogP contribution >= 0.6 is 11.6 Å². The standard InChI is InChI=1S/C9H12ClN5O3/c1-5-7(15(17)18)8(13-9(10)12-5)11-4-6(16)14(2)3/h4H2,1-3H3,(H,11,12,13). The highest BCUT2D eigenvalue weighted by molar-refractivity contribution is 6.28. The van der Waals surface area contributed by atoms with Gasteiger partial charge in [0.15, 0.2) is 0 Å². The molecule has 0 aliphatic rings. The molecule has 0 aromatic carbocycles. The molecule has 1 rings (SSSR count). The van der Waals surface area contributed by atoms with Gasteiger partial charge in [-0.15, -0.1) is 0 Å². The molecule has 9 heteroatoms. The molecular weight excluding hydrogens is 262 g/mol. The van der Waals surface area contributed by atoms with Crippen molar-refractivity contribution in [2.24, 2.45) is 0 Å². The van der Waals surface area contributed by atoms with Gasteiger partial charge in [-0.3, -0.25) is 14.9 Å². The van der Waals surface area contributed by atoms with Crippen molar-refractivity contribution >= 4 is 29.0 Å². The van der Waals surface area contributed by atoms with Crippen LogP contribution in [0, 0.1) is 17.0 Å². The van der Waals surface area contributed by atoms with Gasteiger partial charge < -0.3 is 10.2 Å². The summed E-state index contributed by atoms with van der Waals surface area (Å²) < 4.78 is 0. The van der Waals surface area contributed by atoms with Crippen LogP contribution in [0.3, 0.4) is 0 Å². The Morgan fingerprint density at radius 3 is 2.61 bits per heavy atom. The molecule has 0 radical (unpaired) electrons. The van der Waals surface area contributed by atoms with Gasteiger partial charge in [0.1, 0.15) is 5.69 Å². The minimum absolute atomic E-state index is 0.0623. The van der Waals surface area contributed by atoms with Crippen LogP contribution in [0.2, 0.25) is 5.28 Å². The van der Waals surface area contributed by atoms with Gasteiger partial charge in [0.25, 0.3) is 0 Å². The Morgan fingerprint density at radius 2 is 2.11 bits per heavy atom. The van der Waals surface area contributed by atoms with Gasteiger partial charge in [-0.25, -0.2) is 4.98 Å². The monoisotopic (exact) mass is 273 g/mol. The number of halogens is 1. The highest BCUT2D eigenvalue weighted by Crippen LogP contribution is 2.26. The molecule has 0 bridgehead atoms. The predicted molar refractivity (Wildman–Crippen MR) is 65.6 cm³/mol. The molecule has 0 spiro atoms. The van der Waals surface area contributed by atoms with Crippen molar-refractivity contribution in [1.29, 1.82) is 0 Å². The Balaban J connectivity index is 3.00. The fourth-order valence-electron chi connectivity index (χ4n) is 1.19. The number of aryl methyl sites for hydroxylation is 1. The third kappa shape index (κ3) is 3.27. The van der Waals surface area contributed by atoms with E-state index in [0.717, 1.165) is 0 Å². The average molecular weight is 274 g/mol. The summed E-state index contributed by atoms with van der Waals surface area (Å²) in [6.07, 6.45) is 0. The van der Waals surface area contributed by atoms with Crippen molar-refractivity contribution in [1.82, 2.24) is 14.9 Å². The van der Waals surface area contributed by atoms with Crippen molar-refractivity contribution in [3.63, 3.8) is 0 Å². The molecule has 1 amide bonds. The van der Waals surface area contributed by atoms with Gasteiger partial charge >= 0.3 is 5.69 Å². The minimum Gasteiger partial charge on any atom is -0.355 e. The smallest absolute Gasteiger partial charge is 0.332 e. The first-order valence-corrected chi connectivity index (χ1v) is 5.33. The zero-order valence-corrected chi connectivity index (χ0v) is 10.9. The maximum Gasteiger partial charge on any atom is 0.332 e. The van der Waals surface area contributed by atoms with E-state index < -0.39 is 4.92 Å². The maximum atomic E-state index is 11.4. The van der Waals surface area contributed by atoms with E-state index in [1.54, 1.807) is 14.1 Å². The van der Waals surface area contributed by atoms with Crippen LogP contribution in [0.5, 0.6) is 0 Å². The second kappa shape index (κ2) is 5.58. The van der Waals surface area contributed by atoms with E-state index in [9.17, 15) is 14.9 Å². The molecule has 0 saturated carbocycles. The molecule has 1 heterocycles. The predicted octanol–water partition coefficient (Wildman–Crippen LogP) is 0.847. The molecule has 0 atom stereocenters. The van der Waals surface area contributed by atoms with Crippen LogP contribution in [0.25, 0.3) is 0 Å². The minimum atomic E-state index is -0.617. The van der Waals surface area contributed by atoms with Crippen LogP contribution in [0.4, 0.5) is 11.5 Å². The number of nitro groups is 1. The van der Waals surface area contributed by atoms with Crippen LogP contribution in [0.1, 0.15) is 5.69 Å². The Morgan fingerprint density at radius 1 is 1.50 bits per heavy atom. The first-order chi connectivity index (χ1) is 8.32. The van der Waals surface area contributed by atoms with Gasteiger partial charge in [0.05, 0.1) is 11.5 Å². The van der Waals surface area contributed by atoms with E-state index in [0.29, 0.717) is 0 Å². The van der Waals surface area contributed by atoms with Crippen molar-refractivity contribution in [3.8, 4) is 0 Å². The highest BCUT2D eigenvalue weighted by atomic mass is 35.5. The number of anilines is 1. The van der Waals surface area contributed by atoms with Crippen molar-refractivity contribution < 1.29 is 9.72 Å². The Kier molecular flexibility index (Phi) is 4.38. The van der Waals surface area contributed by atoms with E-state index in [2.05, 4.69) is 15.3 Å². The van der Waals surface area contributed by atoms with E-state index in [4.69, 9.17) is 11.6 Å². The topological polar surface area (TPSA) is 101 Å². The molecule has 1 aromatic heterocycles. The third-order valence-electron chi connectivity index (χ3n) is 2.12. The van der Waals surface area contributed by atoms with Gasteiger partial charge in [0.2, 0.25) is 17.0 Å². The van der Waals surface area contributed by atoms with Crippen LogP contribution in [-0.4, -0.2) is 46.3 Å². The number of hydrogen-bond acceptors (Lipinski definition) is 6. The van der Waals surface area contributed by atoms with Crippen LogP contribution < -0.4 is 5.32 Å². The number of carbonyl (C=O) groups is 1. The molecule has 8 nitrogen and oxygen atoms in total.